The van der Waals surface area contributed by atoms with Crippen molar-refractivity contribution in [1.82, 2.24) is 5.06 Å². The van der Waals surface area contributed by atoms with Crippen LogP contribution in [-0.2, 0) is 9.63 Å². The molecule has 1 amide bonds. The Morgan fingerprint density at radius 3 is 2.73 bits per heavy atom. The second-order valence-electron chi connectivity index (χ2n) is 2.84. The Labute approximate surface area is 66.6 Å². The summed E-state index contributed by atoms with van der Waals surface area (Å²) in [5.41, 5.74) is 1.29. The zero-order chi connectivity index (χ0) is 8.43. The minimum Gasteiger partial charge on any atom is -0.275 e. The molecular formula is C8H13NO2. The molecule has 0 fully saturated rings. The topological polar surface area (TPSA) is 29.5 Å². The molecule has 0 aromatic carbocycles. The van der Waals surface area contributed by atoms with Crippen molar-refractivity contribution in [3.8, 4) is 0 Å². The second kappa shape index (κ2) is 3.05. The van der Waals surface area contributed by atoms with Crippen molar-refractivity contribution in [3.05, 3.63) is 11.6 Å². The molecule has 3 nitrogen and oxygen atoms in total. The van der Waals surface area contributed by atoms with Crippen LogP contribution >= 0.6 is 0 Å². The molecule has 11 heavy (non-hydrogen) atoms. The van der Waals surface area contributed by atoms with Gasteiger partial charge in [-0.05, 0) is 13.3 Å². The molecule has 0 radical (unpaired) electrons. The highest BCUT2D eigenvalue weighted by atomic mass is 16.7. The summed E-state index contributed by atoms with van der Waals surface area (Å²) in [6, 6.07) is 0. The average Bonchev–Trinajstić information content (AvgIpc) is 1.96. The summed E-state index contributed by atoms with van der Waals surface area (Å²) in [7, 11) is 3.12. The van der Waals surface area contributed by atoms with Crippen molar-refractivity contribution < 1.29 is 9.63 Å². The molecule has 62 valence electrons. The van der Waals surface area contributed by atoms with E-state index in [9.17, 15) is 4.79 Å². The number of carbonyl (C=O) groups excluding carboxylic acids is 1. The molecule has 1 rings (SSSR count). The lowest BCUT2D eigenvalue weighted by molar-refractivity contribution is -0.172. The highest BCUT2D eigenvalue weighted by Crippen LogP contribution is 2.26. The fourth-order valence-electron chi connectivity index (χ4n) is 1.14. The van der Waals surface area contributed by atoms with Gasteiger partial charge in [-0.3, -0.25) is 9.63 Å². The first-order chi connectivity index (χ1) is 5.15. The smallest absolute Gasteiger partial charge is 0.253 e. The van der Waals surface area contributed by atoms with E-state index in [0.29, 0.717) is 0 Å². The van der Waals surface area contributed by atoms with Gasteiger partial charge in [0.1, 0.15) is 0 Å². The summed E-state index contributed by atoms with van der Waals surface area (Å²) in [4.78, 5) is 16.0. The van der Waals surface area contributed by atoms with Gasteiger partial charge in [-0.2, -0.15) is 0 Å². The number of hydrogen-bond acceptors (Lipinski definition) is 2. The van der Waals surface area contributed by atoms with Crippen LogP contribution in [0.25, 0.3) is 0 Å². The van der Waals surface area contributed by atoms with Gasteiger partial charge in [0, 0.05) is 7.05 Å². The Hall–Kier alpha value is -0.830. The third-order valence-electron chi connectivity index (χ3n) is 1.93. The monoisotopic (exact) mass is 155 g/mol. The standard InChI is InChI=1S/C8H13NO2/c1-6-4-7(5-6)8(10)9(2)11-3/h4,7H,5H2,1-3H3. The van der Waals surface area contributed by atoms with E-state index >= 15 is 0 Å². The molecule has 0 saturated carbocycles. The van der Waals surface area contributed by atoms with Crippen LogP contribution in [0.5, 0.6) is 0 Å². The quantitative estimate of drug-likeness (QED) is 0.439. The molecule has 1 aliphatic carbocycles. The Bertz CT molecular complexity index is 198. The summed E-state index contributed by atoms with van der Waals surface area (Å²) in [5.74, 6) is 0.0954. The zero-order valence-electron chi connectivity index (χ0n) is 7.13. The molecule has 1 aliphatic rings. The van der Waals surface area contributed by atoms with Gasteiger partial charge in [0.2, 0.25) is 0 Å². The van der Waals surface area contributed by atoms with Crippen LogP contribution in [0.4, 0.5) is 0 Å². The van der Waals surface area contributed by atoms with Crippen LogP contribution < -0.4 is 0 Å². The predicted octanol–water partition coefficient (Wildman–Crippen LogP) is 0.972. The van der Waals surface area contributed by atoms with Gasteiger partial charge in [-0.15, -0.1) is 0 Å². The molecule has 0 bridgehead atoms. The normalized spacial score (nSPS) is 22.1. The van der Waals surface area contributed by atoms with Gasteiger partial charge in [0.05, 0.1) is 13.0 Å². The van der Waals surface area contributed by atoms with Crippen LogP contribution in [0.1, 0.15) is 13.3 Å². The Kier molecular flexibility index (Phi) is 2.29. The molecule has 0 saturated heterocycles. The second-order valence-corrected chi connectivity index (χ2v) is 2.84. The minimum absolute atomic E-state index is 0.0399. The highest BCUT2D eigenvalue weighted by Gasteiger charge is 2.26. The van der Waals surface area contributed by atoms with E-state index in [1.165, 1.54) is 17.7 Å². The van der Waals surface area contributed by atoms with Crippen LogP contribution in [0.2, 0.25) is 0 Å². The molecule has 0 aliphatic heterocycles. The van der Waals surface area contributed by atoms with Crippen molar-refractivity contribution >= 4 is 5.91 Å². The number of rotatable bonds is 2. The van der Waals surface area contributed by atoms with Gasteiger partial charge in [0.15, 0.2) is 0 Å². The van der Waals surface area contributed by atoms with Crippen LogP contribution in [0.15, 0.2) is 11.6 Å². The molecule has 0 spiro atoms. The van der Waals surface area contributed by atoms with E-state index in [4.69, 9.17) is 4.84 Å². The third-order valence-corrected chi connectivity index (χ3v) is 1.93. The first-order valence-electron chi connectivity index (χ1n) is 3.64. The summed E-state index contributed by atoms with van der Waals surface area (Å²) < 4.78 is 0. The maximum Gasteiger partial charge on any atom is 0.253 e. The maximum absolute atomic E-state index is 11.3. The lowest BCUT2D eigenvalue weighted by Gasteiger charge is -2.25. The molecule has 3 heteroatoms. The summed E-state index contributed by atoms with van der Waals surface area (Å²) >= 11 is 0. The zero-order valence-corrected chi connectivity index (χ0v) is 7.13. The van der Waals surface area contributed by atoms with E-state index in [0.717, 1.165) is 6.42 Å². The van der Waals surface area contributed by atoms with Crippen LogP contribution in [0.3, 0.4) is 0 Å². The van der Waals surface area contributed by atoms with Crippen molar-refractivity contribution in [2.75, 3.05) is 14.2 Å². The van der Waals surface area contributed by atoms with Gasteiger partial charge in [-0.25, -0.2) is 5.06 Å². The van der Waals surface area contributed by atoms with Crippen molar-refractivity contribution in [2.45, 2.75) is 13.3 Å². The van der Waals surface area contributed by atoms with E-state index < -0.39 is 0 Å². The Morgan fingerprint density at radius 1 is 1.82 bits per heavy atom. The average molecular weight is 155 g/mol. The lowest BCUT2D eigenvalue weighted by atomic mass is 9.87. The summed E-state index contributed by atoms with van der Waals surface area (Å²) in [6.07, 6.45) is 2.85. The fourth-order valence-corrected chi connectivity index (χ4v) is 1.14. The molecule has 1 atom stereocenters. The first kappa shape index (κ1) is 8.27. The molecule has 1 unspecified atom stereocenters. The number of carbonyl (C=O) groups is 1. The van der Waals surface area contributed by atoms with Gasteiger partial charge in [0.25, 0.3) is 5.91 Å². The number of amides is 1. The molecule has 0 N–H and O–H groups in total. The summed E-state index contributed by atoms with van der Waals surface area (Å²) in [6.45, 7) is 2.02. The Morgan fingerprint density at radius 2 is 2.36 bits per heavy atom. The maximum atomic E-state index is 11.3. The fraction of sp³-hybridized carbons (Fsp3) is 0.625. The minimum atomic E-state index is 0.0399. The molecule has 0 aromatic heterocycles. The molecule has 0 aromatic rings. The Balaban J connectivity index is 2.45. The highest BCUT2D eigenvalue weighted by molar-refractivity contribution is 5.81. The summed E-state index contributed by atoms with van der Waals surface area (Å²) in [5, 5.41) is 1.27. The largest absolute Gasteiger partial charge is 0.275 e. The van der Waals surface area contributed by atoms with Gasteiger partial charge >= 0.3 is 0 Å². The van der Waals surface area contributed by atoms with E-state index in [1.54, 1.807) is 7.05 Å². The number of hydrogen-bond donors (Lipinski definition) is 0. The predicted molar refractivity (Wildman–Crippen MR) is 41.6 cm³/mol. The molecule has 0 heterocycles. The molecular weight excluding hydrogens is 142 g/mol. The van der Waals surface area contributed by atoms with Crippen LogP contribution in [0, 0.1) is 5.92 Å². The van der Waals surface area contributed by atoms with Crippen molar-refractivity contribution in [1.29, 1.82) is 0 Å². The third kappa shape index (κ3) is 1.60. The van der Waals surface area contributed by atoms with Crippen LogP contribution in [-0.4, -0.2) is 25.1 Å². The lowest BCUT2D eigenvalue weighted by Crippen LogP contribution is -2.34. The first-order valence-corrected chi connectivity index (χ1v) is 3.64. The van der Waals surface area contributed by atoms with Gasteiger partial charge < -0.3 is 0 Å². The van der Waals surface area contributed by atoms with E-state index in [-0.39, 0.29) is 11.8 Å². The van der Waals surface area contributed by atoms with E-state index in [2.05, 4.69) is 0 Å². The van der Waals surface area contributed by atoms with Crippen molar-refractivity contribution in [2.24, 2.45) is 5.92 Å². The number of allylic oxidation sites excluding steroid dienone is 1. The SMILES string of the molecule is CON(C)C(=O)C1C=C(C)C1. The van der Waals surface area contributed by atoms with Crippen molar-refractivity contribution in [3.63, 3.8) is 0 Å². The number of nitrogens with zero attached hydrogens (tertiary/aromatic N) is 1. The van der Waals surface area contributed by atoms with Gasteiger partial charge in [-0.1, -0.05) is 11.6 Å². The van der Waals surface area contributed by atoms with E-state index in [1.807, 2.05) is 13.0 Å². The number of hydroxylamine groups is 2.